The van der Waals surface area contributed by atoms with E-state index in [-0.39, 0.29) is 31.0 Å². The van der Waals surface area contributed by atoms with Gasteiger partial charge >= 0.3 is 29.6 Å². The SMILES string of the molecule is CC(O)NC(C)O.[H-].[Na+]. The van der Waals surface area contributed by atoms with Gasteiger partial charge in [-0.15, -0.1) is 0 Å². The molecule has 0 aliphatic rings. The minimum atomic E-state index is -0.625. The first-order chi connectivity index (χ1) is 3.13. The summed E-state index contributed by atoms with van der Waals surface area (Å²) in [7, 11) is 0. The maximum atomic E-state index is 8.45. The molecule has 0 aromatic carbocycles. The normalized spacial score (nSPS) is 16.5. The molecule has 0 spiro atoms. The van der Waals surface area contributed by atoms with E-state index in [4.69, 9.17) is 10.2 Å². The first kappa shape index (κ1) is 11.6. The monoisotopic (exact) mass is 129 g/mol. The molecule has 0 heterocycles. The minimum absolute atomic E-state index is 0. The first-order valence-electron chi connectivity index (χ1n) is 2.25. The van der Waals surface area contributed by atoms with Crippen LogP contribution in [0.3, 0.4) is 0 Å². The van der Waals surface area contributed by atoms with Crippen LogP contribution in [0.1, 0.15) is 15.3 Å². The van der Waals surface area contributed by atoms with Gasteiger partial charge in [-0.1, -0.05) is 0 Å². The summed E-state index contributed by atoms with van der Waals surface area (Å²) in [6.07, 6.45) is -1.25. The van der Waals surface area contributed by atoms with Crippen molar-refractivity contribution < 1.29 is 41.2 Å². The molecule has 0 saturated carbocycles. The van der Waals surface area contributed by atoms with Crippen molar-refractivity contribution in [1.29, 1.82) is 0 Å². The van der Waals surface area contributed by atoms with Gasteiger partial charge in [0.1, 0.15) is 12.5 Å². The molecule has 46 valence electrons. The van der Waals surface area contributed by atoms with Crippen molar-refractivity contribution in [2.24, 2.45) is 0 Å². The Bertz CT molecular complexity index is 47.8. The third-order valence-corrected chi connectivity index (χ3v) is 0.482. The van der Waals surface area contributed by atoms with Gasteiger partial charge in [-0.25, -0.2) is 0 Å². The van der Waals surface area contributed by atoms with Crippen LogP contribution in [0.2, 0.25) is 0 Å². The fourth-order valence-electron chi connectivity index (χ4n) is 0.349. The Balaban J connectivity index is -0.000000180. The van der Waals surface area contributed by atoms with Gasteiger partial charge in [0.05, 0.1) is 0 Å². The molecule has 8 heavy (non-hydrogen) atoms. The zero-order valence-corrected chi connectivity index (χ0v) is 7.55. The molecule has 0 aromatic rings. The van der Waals surface area contributed by atoms with Gasteiger partial charge in [-0.2, -0.15) is 0 Å². The van der Waals surface area contributed by atoms with Gasteiger partial charge in [0.15, 0.2) is 0 Å². The van der Waals surface area contributed by atoms with Crippen molar-refractivity contribution >= 4 is 0 Å². The number of hydrogen-bond acceptors (Lipinski definition) is 3. The third-order valence-electron chi connectivity index (χ3n) is 0.482. The first-order valence-corrected chi connectivity index (χ1v) is 2.25. The van der Waals surface area contributed by atoms with Crippen molar-refractivity contribution in [2.75, 3.05) is 0 Å². The Morgan fingerprint density at radius 2 is 1.50 bits per heavy atom. The van der Waals surface area contributed by atoms with Crippen molar-refractivity contribution in [3.8, 4) is 0 Å². The molecule has 0 radical (unpaired) electrons. The second-order valence-electron chi connectivity index (χ2n) is 1.52. The summed E-state index contributed by atoms with van der Waals surface area (Å²) in [4.78, 5) is 0. The maximum absolute atomic E-state index is 8.45. The molecular formula is C4H12NNaO2. The summed E-state index contributed by atoms with van der Waals surface area (Å²) >= 11 is 0. The van der Waals surface area contributed by atoms with Gasteiger partial charge in [-0.3, -0.25) is 5.32 Å². The number of nitrogens with one attached hydrogen (secondary N) is 1. The average Bonchev–Trinajstić information content (AvgIpc) is 1.27. The van der Waals surface area contributed by atoms with Crippen LogP contribution in [-0.2, 0) is 0 Å². The van der Waals surface area contributed by atoms with E-state index in [2.05, 4.69) is 5.32 Å². The fraction of sp³-hybridized carbons (Fsp3) is 1.00. The molecule has 0 aliphatic carbocycles. The van der Waals surface area contributed by atoms with Crippen LogP contribution in [0, 0.1) is 0 Å². The Kier molecular flexibility index (Phi) is 8.75. The van der Waals surface area contributed by atoms with Gasteiger partial charge in [0.2, 0.25) is 0 Å². The largest absolute Gasteiger partial charge is 1.00 e. The van der Waals surface area contributed by atoms with Crippen LogP contribution in [0.15, 0.2) is 0 Å². The quantitative estimate of drug-likeness (QED) is 0.266. The summed E-state index contributed by atoms with van der Waals surface area (Å²) in [6.45, 7) is 3.10. The van der Waals surface area contributed by atoms with E-state index in [0.717, 1.165) is 0 Å². The zero-order chi connectivity index (χ0) is 5.86. The summed E-state index contributed by atoms with van der Waals surface area (Å²) in [6, 6.07) is 0. The predicted molar refractivity (Wildman–Crippen MR) is 27.6 cm³/mol. The molecule has 0 amide bonds. The van der Waals surface area contributed by atoms with Gasteiger partial charge in [0.25, 0.3) is 0 Å². The second-order valence-corrected chi connectivity index (χ2v) is 1.52. The molecule has 2 atom stereocenters. The smallest absolute Gasteiger partial charge is 1.00 e. The summed E-state index contributed by atoms with van der Waals surface area (Å²) in [5, 5.41) is 19.3. The molecule has 0 fully saturated rings. The van der Waals surface area contributed by atoms with E-state index in [1.165, 1.54) is 0 Å². The maximum Gasteiger partial charge on any atom is 1.00 e. The minimum Gasteiger partial charge on any atom is -1.00 e. The van der Waals surface area contributed by atoms with Crippen LogP contribution < -0.4 is 34.9 Å². The Morgan fingerprint density at radius 1 is 1.25 bits per heavy atom. The number of rotatable bonds is 2. The Hall–Kier alpha value is 0.880. The molecule has 2 unspecified atom stereocenters. The third kappa shape index (κ3) is 9.99. The molecule has 0 aromatic heterocycles. The molecule has 3 nitrogen and oxygen atoms in total. The fourth-order valence-corrected chi connectivity index (χ4v) is 0.349. The number of aliphatic hydroxyl groups is 2. The summed E-state index contributed by atoms with van der Waals surface area (Å²) < 4.78 is 0. The molecule has 0 saturated heterocycles. The number of hydrogen-bond donors (Lipinski definition) is 3. The molecular weight excluding hydrogens is 117 g/mol. The molecule has 0 aliphatic heterocycles. The van der Waals surface area contributed by atoms with Gasteiger partial charge in [-0.05, 0) is 13.8 Å². The second kappa shape index (κ2) is 6.01. The van der Waals surface area contributed by atoms with Crippen LogP contribution >= 0.6 is 0 Å². The molecule has 0 bridgehead atoms. The van der Waals surface area contributed by atoms with E-state index >= 15 is 0 Å². The van der Waals surface area contributed by atoms with Gasteiger partial charge < -0.3 is 11.6 Å². The van der Waals surface area contributed by atoms with E-state index in [1.54, 1.807) is 13.8 Å². The average molecular weight is 129 g/mol. The van der Waals surface area contributed by atoms with E-state index < -0.39 is 12.5 Å². The van der Waals surface area contributed by atoms with Crippen molar-refractivity contribution in [3.63, 3.8) is 0 Å². The van der Waals surface area contributed by atoms with E-state index in [1.807, 2.05) is 0 Å². The van der Waals surface area contributed by atoms with Crippen molar-refractivity contribution in [2.45, 2.75) is 26.3 Å². The van der Waals surface area contributed by atoms with Crippen LogP contribution in [0.4, 0.5) is 0 Å². The van der Waals surface area contributed by atoms with Crippen LogP contribution in [0.25, 0.3) is 0 Å². The summed E-state index contributed by atoms with van der Waals surface area (Å²) in [5.41, 5.74) is 0. The molecule has 3 N–H and O–H groups in total. The molecule has 4 heteroatoms. The Morgan fingerprint density at radius 3 is 1.50 bits per heavy atom. The predicted octanol–water partition coefficient (Wildman–Crippen LogP) is -3.63. The van der Waals surface area contributed by atoms with Crippen LogP contribution in [0.5, 0.6) is 0 Å². The van der Waals surface area contributed by atoms with Crippen molar-refractivity contribution in [1.82, 2.24) is 5.32 Å². The summed E-state index contributed by atoms with van der Waals surface area (Å²) in [5.74, 6) is 0. The standard InChI is InChI=1S/C4H11NO2.Na.H/c1-3(6)5-4(2)7;;/h3-7H,1-2H3;;/q;+1;-1. The van der Waals surface area contributed by atoms with E-state index in [0.29, 0.717) is 0 Å². The van der Waals surface area contributed by atoms with Crippen molar-refractivity contribution in [3.05, 3.63) is 0 Å². The zero-order valence-electron chi connectivity index (χ0n) is 6.55. The number of aliphatic hydroxyl groups excluding tert-OH is 2. The Labute approximate surface area is 72.9 Å². The molecule has 0 rings (SSSR count). The van der Waals surface area contributed by atoms with Gasteiger partial charge in [0, 0.05) is 0 Å². The van der Waals surface area contributed by atoms with Crippen LogP contribution in [-0.4, -0.2) is 22.7 Å². The topological polar surface area (TPSA) is 52.5 Å². The van der Waals surface area contributed by atoms with E-state index in [9.17, 15) is 0 Å².